The van der Waals surface area contributed by atoms with Crippen molar-refractivity contribution in [2.24, 2.45) is 11.7 Å². The third-order valence-electron chi connectivity index (χ3n) is 2.71. The van der Waals surface area contributed by atoms with Gasteiger partial charge in [-0.1, -0.05) is 0 Å². The van der Waals surface area contributed by atoms with E-state index in [1.54, 1.807) is 0 Å². The molecular weight excluding hydrogens is 208 g/mol. The number of carbonyl (C=O) groups excluding carboxylic acids is 2. The monoisotopic (exact) mass is 228 g/mol. The predicted molar refractivity (Wildman–Crippen MR) is 60.7 cm³/mol. The summed E-state index contributed by atoms with van der Waals surface area (Å²) in [6.07, 6.45) is 1.12. The second-order valence-electron chi connectivity index (χ2n) is 4.20. The lowest BCUT2D eigenvalue weighted by molar-refractivity contribution is -0.125. The molecule has 0 spiro atoms. The molecule has 1 atom stereocenters. The zero-order chi connectivity index (χ0) is 12.0. The zero-order valence-electron chi connectivity index (χ0n) is 9.66. The van der Waals surface area contributed by atoms with Gasteiger partial charge in [0.05, 0.1) is 13.1 Å². The topological polar surface area (TPSA) is 87.5 Å². The Morgan fingerprint density at radius 1 is 1.38 bits per heavy atom. The molecule has 92 valence electrons. The molecule has 1 rings (SSSR count). The van der Waals surface area contributed by atoms with Crippen LogP contribution in [-0.4, -0.2) is 56.5 Å². The van der Waals surface area contributed by atoms with E-state index in [9.17, 15) is 9.59 Å². The largest absolute Gasteiger partial charge is 0.354 e. The molecule has 0 bridgehead atoms. The molecule has 0 aromatic rings. The highest BCUT2D eigenvalue weighted by Gasteiger charge is 2.19. The Labute approximate surface area is 95.5 Å². The summed E-state index contributed by atoms with van der Waals surface area (Å²) in [4.78, 5) is 24.4. The van der Waals surface area contributed by atoms with E-state index in [-0.39, 0.29) is 24.9 Å². The van der Waals surface area contributed by atoms with Crippen LogP contribution in [0.15, 0.2) is 0 Å². The SMILES string of the molecule is CN1CCC(CNC(=O)CNC(=O)CN)C1. The van der Waals surface area contributed by atoms with Gasteiger partial charge in [0.25, 0.3) is 0 Å². The number of amides is 2. The molecule has 16 heavy (non-hydrogen) atoms. The van der Waals surface area contributed by atoms with Gasteiger partial charge < -0.3 is 21.3 Å². The molecule has 1 unspecified atom stereocenters. The highest BCUT2D eigenvalue weighted by atomic mass is 16.2. The molecule has 1 aliphatic rings. The lowest BCUT2D eigenvalue weighted by Gasteiger charge is -2.11. The van der Waals surface area contributed by atoms with Crippen LogP contribution in [0, 0.1) is 5.92 Å². The first kappa shape index (κ1) is 12.9. The van der Waals surface area contributed by atoms with E-state index in [1.165, 1.54) is 0 Å². The van der Waals surface area contributed by atoms with E-state index < -0.39 is 0 Å². The maximum Gasteiger partial charge on any atom is 0.239 e. The Morgan fingerprint density at radius 3 is 2.69 bits per heavy atom. The van der Waals surface area contributed by atoms with Crippen LogP contribution in [-0.2, 0) is 9.59 Å². The average molecular weight is 228 g/mol. The van der Waals surface area contributed by atoms with E-state index >= 15 is 0 Å². The number of carbonyl (C=O) groups is 2. The fourth-order valence-corrected chi connectivity index (χ4v) is 1.76. The highest BCUT2D eigenvalue weighted by molar-refractivity contribution is 5.85. The minimum Gasteiger partial charge on any atom is -0.354 e. The molecule has 6 heteroatoms. The number of likely N-dealkylation sites (tertiary alicyclic amines) is 1. The van der Waals surface area contributed by atoms with Gasteiger partial charge in [-0.25, -0.2) is 0 Å². The first-order valence-electron chi connectivity index (χ1n) is 5.54. The molecule has 0 aromatic carbocycles. The minimum absolute atomic E-state index is 0.0125. The summed E-state index contributed by atoms with van der Waals surface area (Å²) < 4.78 is 0. The zero-order valence-corrected chi connectivity index (χ0v) is 9.66. The fourth-order valence-electron chi connectivity index (χ4n) is 1.76. The summed E-state index contributed by atoms with van der Waals surface area (Å²) in [6, 6.07) is 0. The molecule has 0 saturated carbocycles. The molecular formula is C10H20N4O2. The highest BCUT2D eigenvalue weighted by Crippen LogP contribution is 2.12. The van der Waals surface area contributed by atoms with Crippen LogP contribution < -0.4 is 16.4 Å². The third-order valence-corrected chi connectivity index (χ3v) is 2.71. The van der Waals surface area contributed by atoms with Crippen LogP contribution in [0.25, 0.3) is 0 Å². The maximum absolute atomic E-state index is 11.3. The van der Waals surface area contributed by atoms with E-state index in [2.05, 4.69) is 22.6 Å². The number of nitrogens with one attached hydrogen (secondary N) is 2. The summed E-state index contributed by atoms with van der Waals surface area (Å²) in [5, 5.41) is 5.23. The van der Waals surface area contributed by atoms with Gasteiger partial charge in [0.15, 0.2) is 0 Å². The Kier molecular flexibility index (Phi) is 5.21. The van der Waals surface area contributed by atoms with Gasteiger partial charge in [0.1, 0.15) is 0 Å². The van der Waals surface area contributed by atoms with Gasteiger partial charge in [-0.05, 0) is 25.9 Å². The Hall–Kier alpha value is -1.14. The van der Waals surface area contributed by atoms with E-state index in [0.717, 1.165) is 19.5 Å². The van der Waals surface area contributed by atoms with Crippen molar-refractivity contribution in [2.75, 3.05) is 39.8 Å². The van der Waals surface area contributed by atoms with Crippen molar-refractivity contribution < 1.29 is 9.59 Å². The molecule has 1 saturated heterocycles. The second kappa shape index (κ2) is 6.44. The molecule has 4 N–H and O–H groups in total. The van der Waals surface area contributed by atoms with Crippen molar-refractivity contribution in [3.05, 3.63) is 0 Å². The lowest BCUT2D eigenvalue weighted by atomic mass is 10.1. The summed E-state index contributed by atoms with van der Waals surface area (Å²) >= 11 is 0. The van der Waals surface area contributed by atoms with E-state index in [0.29, 0.717) is 12.5 Å². The van der Waals surface area contributed by atoms with E-state index in [1.807, 2.05) is 0 Å². The summed E-state index contributed by atoms with van der Waals surface area (Å²) in [6.45, 7) is 2.72. The van der Waals surface area contributed by atoms with Crippen molar-refractivity contribution in [3.8, 4) is 0 Å². The van der Waals surface area contributed by atoms with Crippen molar-refractivity contribution in [2.45, 2.75) is 6.42 Å². The lowest BCUT2D eigenvalue weighted by Crippen LogP contribution is -2.41. The molecule has 0 aromatic heterocycles. The van der Waals surface area contributed by atoms with Gasteiger partial charge in [0, 0.05) is 13.1 Å². The standard InChI is InChI=1S/C10H20N4O2/c1-14-3-2-8(7-14)5-12-10(16)6-13-9(15)4-11/h8H,2-7,11H2,1H3,(H,12,16)(H,13,15). The summed E-state index contributed by atoms with van der Waals surface area (Å²) in [5.41, 5.74) is 5.10. The number of hydrogen-bond acceptors (Lipinski definition) is 4. The number of rotatable bonds is 5. The molecule has 6 nitrogen and oxygen atoms in total. The van der Waals surface area contributed by atoms with Crippen LogP contribution in [0.4, 0.5) is 0 Å². The summed E-state index contributed by atoms with van der Waals surface area (Å²) in [7, 11) is 2.07. The first-order valence-corrected chi connectivity index (χ1v) is 5.54. The molecule has 0 aliphatic carbocycles. The molecule has 0 radical (unpaired) electrons. The van der Waals surface area contributed by atoms with Crippen LogP contribution in [0.3, 0.4) is 0 Å². The van der Waals surface area contributed by atoms with Crippen molar-refractivity contribution in [1.82, 2.24) is 15.5 Å². The van der Waals surface area contributed by atoms with Crippen LogP contribution >= 0.6 is 0 Å². The minimum atomic E-state index is -0.309. The average Bonchev–Trinajstić information content (AvgIpc) is 2.69. The quantitative estimate of drug-likeness (QED) is 0.514. The van der Waals surface area contributed by atoms with Crippen molar-refractivity contribution >= 4 is 11.8 Å². The van der Waals surface area contributed by atoms with Gasteiger partial charge in [-0.15, -0.1) is 0 Å². The van der Waals surface area contributed by atoms with Crippen LogP contribution in [0.1, 0.15) is 6.42 Å². The van der Waals surface area contributed by atoms with Crippen LogP contribution in [0.2, 0.25) is 0 Å². The second-order valence-corrected chi connectivity index (χ2v) is 4.20. The van der Waals surface area contributed by atoms with Crippen LogP contribution in [0.5, 0.6) is 0 Å². The normalized spacial score (nSPS) is 20.8. The van der Waals surface area contributed by atoms with Gasteiger partial charge in [-0.2, -0.15) is 0 Å². The Morgan fingerprint density at radius 2 is 2.12 bits per heavy atom. The number of hydrogen-bond donors (Lipinski definition) is 3. The number of nitrogens with two attached hydrogens (primary N) is 1. The predicted octanol–water partition coefficient (Wildman–Crippen LogP) is -1.87. The van der Waals surface area contributed by atoms with Gasteiger partial charge >= 0.3 is 0 Å². The smallest absolute Gasteiger partial charge is 0.239 e. The molecule has 2 amide bonds. The Bertz CT molecular complexity index is 257. The van der Waals surface area contributed by atoms with E-state index in [4.69, 9.17) is 5.73 Å². The summed E-state index contributed by atoms with van der Waals surface area (Å²) in [5.74, 6) is 0.0614. The number of nitrogens with zero attached hydrogens (tertiary/aromatic N) is 1. The molecule has 1 fully saturated rings. The maximum atomic E-state index is 11.3. The Balaban J connectivity index is 2.08. The molecule has 1 heterocycles. The van der Waals surface area contributed by atoms with Gasteiger partial charge in [0.2, 0.25) is 11.8 Å². The fraction of sp³-hybridized carbons (Fsp3) is 0.800. The van der Waals surface area contributed by atoms with Crippen molar-refractivity contribution in [1.29, 1.82) is 0 Å². The molecule has 1 aliphatic heterocycles. The van der Waals surface area contributed by atoms with Crippen molar-refractivity contribution in [3.63, 3.8) is 0 Å². The third kappa shape index (κ3) is 4.59. The first-order chi connectivity index (χ1) is 7.61. The van der Waals surface area contributed by atoms with Gasteiger partial charge in [-0.3, -0.25) is 9.59 Å².